The number of carbonyl (C=O) groups is 3. The van der Waals surface area contributed by atoms with Crippen molar-refractivity contribution in [1.82, 2.24) is 9.88 Å². The number of hydrogen-bond donors (Lipinski definition) is 1. The molecule has 3 rings (SSSR count). The van der Waals surface area contributed by atoms with Crippen LogP contribution in [0.2, 0.25) is 0 Å². The van der Waals surface area contributed by atoms with Gasteiger partial charge in [0.25, 0.3) is 0 Å². The van der Waals surface area contributed by atoms with Crippen LogP contribution in [0.1, 0.15) is 34.7 Å². The Kier molecular flexibility index (Phi) is 2.89. The first kappa shape index (κ1) is 12.6. The Balaban J connectivity index is 2.10. The largest absolute Gasteiger partial charge is 0.350 e. The molecule has 1 aromatic carbocycles. The minimum atomic E-state index is -0.365. The van der Waals surface area contributed by atoms with Gasteiger partial charge >= 0.3 is 0 Å². The Labute approximate surface area is 115 Å². The molecule has 2 heterocycles. The summed E-state index contributed by atoms with van der Waals surface area (Å²) in [7, 11) is 1.88. The molecule has 20 heavy (non-hydrogen) atoms. The summed E-state index contributed by atoms with van der Waals surface area (Å²) in [5.74, 6) is -0.882. The van der Waals surface area contributed by atoms with Gasteiger partial charge in [0.2, 0.25) is 11.8 Å². The summed E-state index contributed by atoms with van der Waals surface area (Å²) in [4.78, 5) is 34.4. The van der Waals surface area contributed by atoms with E-state index in [0.29, 0.717) is 18.4 Å². The lowest BCUT2D eigenvalue weighted by Crippen LogP contribution is -2.39. The molecule has 0 saturated carbocycles. The van der Waals surface area contributed by atoms with E-state index in [1.54, 1.807) is 6.07 Å². The average Bonchev–Trinajstić information content (AvgIpc) is 2.79. The van der Waals surface area contributed by atoms with Crippen LogP contribution in [-0.4, -0.2) is 22.7 Å². The van der Waals surface area contributed by atoms with Crippen LogP contribution in [0.5, 0.6) is 0 Å². The number of carbonyl (C=O) groups excluding carboxylic acids is 3. The van der Waals surface area contributed by atoms with Crippen molar-refractivity contribution in [2.45, 2.75) is 18.8 Å². The van der Waals surface area contributed by atoms with E-state index in [-0.39, 0.29) is 17.7 Å². The third-order valence-corrected chi connectivity index (χ3v) is 3.79. The fourth-order valence-corrected chi connectivity index (χ4v) is 2.81. The van der Waals surface area contributed by atoms with Crippen molar-refractivity contribution in [2.75, 3.05) is 0 Å². The summed E-state index contributed by atoms with van der Waals surface area (Å²) in [5, 5.41) is 3.27. The van der Waals surface area contributed by atoms with Crippen LogP contribution in [0, 0.1) is 0 Å². The molecule has 1 aromatic heterocycles. The van der Waals surface area contributed by atoms with Gasteiger partial charge in [-0.1, -0.05) is 0 Å². The molecule has 5 heteroatoms. The fourth-order valence-electron chi connectivity index (χ4n) is 2.81. The van der Waals surface area contributed by atoms with E-state index in [1.165, 1.54) is 0 Å². The molecule has 1 atom stereocenters. The number of nitrogens with one attached hydrogen (secondary N) is 1. The van der Waals surface area contributed by atoms with Crippen molar-refractivity contribution >= 4 is 29.0 Å². The Hall–Kier alpha value is -2.43. The number of aryl methyl sites for hydroxylation is 1. The third kappa shape index (κ3) is 1.91. The number of hydrogen-bond acceptors (Lipinski definition) is 3. The maximum Gasteiger partial charge on any atom is 0.234 e. The van der Waals surface area contributed by atoms with Crippen molar-refractivity contribution in [3.63, 3.8) is 0 Å². The van der Waals surface area contributed by atoms with Gasteiger partial charge in [-0.3, -0.25) is 19.7 Å². The topological polar surface area (TPSA) is 68.2 Å². The number of amides is 2. The minimum absolute atomic E-state index is 0.234. The van der Waals surface area contributed by atoms with Crippen LogP contribution in [0.25, 0.3) is 10.9 Å². The van der Waals surface area contributed by atoms with Crippen LogP contribution in [0.15, 0.2) is 24.4 Å². The van der Waals surface area contributed by atoms with Crippen molar-refractivity contribution in [3.8, 4) is 0 Å². The molecule has 0 spiro atoms. The summed E-state index contributed by atoms with van der Waals surface area (Å²) in [6, 6.07) is 5.58. The van der Waals surface area contributed by atoms with Crippen molar-refractivity contribution in [1.29, 1.82) is 0 Å². The second-order valence-electron chi connectivity index (χ2n) is 5.10. The normalized spacial score (nSPS) is 19.1. The van der Waals surface area contributed by atoms with Gasteiger partial charge in [0.15, 0.2) is 6.29 Å². The summed E-state index contributed by atoms with van der Waals surface area (Å²) in [6.45, 7) is 0. The first-order chi connectivity index (χ1) is 9.60. The summed E-state index contributed by atoms with van der Waals surface area (Å²) >= 11 is 0. The highest BCUT2D eigenvalue weighted by atomic mass is 16.2. The predicted octanol–water partition coefficient (Wildman–Crippen LogP) is 1.51. The molecule has 1 saturated heterocycles. The average molecular weight is 270 g/mol. The molecule has 0 radical (unpaired) electrons. The first-order valence-corrected chi connectivity index (χ1v) is 6.48. The zero-order valence-electron chi connectivity index (χ0n) is 11.1. The maximum absolute atomic E-state index is 11.9. The lowest BCUT2D eigenvalue weighted by molar-refractivity contribution is -0.134. The quantitative estimate of drug-likeness (QED) is 0.664. The molecule has 102 valence electrons. The minimum Gasteiger partial charge on any atom is -0.350 e. The van der Waals surface area contributed by atoms with Gasteiger partial charge in [-0.15, -0.1) is 0 Å². The molecule has 1 N–H and O–H groups in total. The highest BCUT2D eigenvalue weighted by molar-refractivity contribution is 6.02. The Morgan fingerprint density at radius 2 is 2.15 bits per heavy atom. The van der Waals surface area contributed by atoms with Gasteiger partial charge in [0, 0.05) is 30.6 Å². The standard InChI is InChI=1S/C15H14N2O3/c1-17-5-4-9-6-10(7-11(8-18)14(9)17)12-2-3-13(19)16-15(12)20/h4-8,12H,2-3H2,1H3,(H,16,19,20). The number of imide groups is 1. The molecule has 1 aliphatic rings. The SMILES string of the molecule is Cn1ccc2cc(C3CCC(=O)NC3=O)cc(C=O)c21. The van der Waals surface area contributed by atoms with E-state index < -0.39 is 0 Å². The smallest absolute Gasteiger partial charge is 0.234 e. The zero-order valence-corrected chi connectivity index (χ0v) is 11.1. The predicted molar refractivity (Wildman–Crippen MR) is 73.4 cm³/mol. The number of aromatic nitrogens is 1. The molecule has 1 unspecified atom stereocenters. The Bertz CT molecular complexity index is 730. The van der Waals surface area contributed by atoms with Crippen molar-refractivity contribution in [2.24, 2.45) is 7.05 Å². The monoisotopic (exact) mass is 270 g/mol. The van der Waals surface area contributed by atoms with Gasteiger partial charge in [0.05, 0.1) is 11.4 Å². The van der Waals surface area contributed by atoms with Crippen LogP contribution in [0.3, 0.4) is 0 Å². The lowest BCUT2D eigenvalue weighted by Gasteiger charge is -2.21. The summed E-state index contributed by atoms with van der Waals surface area (Å²) in [6.07, 6.45) is 3.50. The van der Waals surface area contributed by atoms with Gasteiger partial charge in [-0.2, -0.15) is 0 Å². The highest BCUT2D eigenvalue weighted by Gasteiger charge is 2.28. The second-order valence-corrected chi connectivity index (χ2v) is 5.10. The van der Waals surface area contributed by atoms with E-state index in [1.807, 2.05) is 29.9 Å². The number of nitrogens with zero attached hydrogens (tertiary/aromatic N) is 1. The number of aldehydes is 1. The molecule has 5 nitrogen and oxygen atoms in total. The van der Waals surface area contributed by atoms with Gasteiger partial charge in [0.1, 0.15) is 0 Å². The van der Waals surface area contributed by atoms with Gasteiger partial charge in [-0.25, -0.2) is 0 Å². The van der Waals surface area contributed by atoms with Crippen LogP contribution in [0.4, 0.5) is 0 Å². The zero-order chi connectivity index (χ0) is 14.3. The molecule has 1 fully saturated rings. The van der Waals surface area contributed by atoms with E-state index >= 15 is 0 Å². The number of rotatable bonds is 2. The molecule has 0 bridgehead atoms. The van der Waals surface area contributed by atoms with E-state index in [9.17, 15) is 14.4 Å². The van der Waals surface area contributed by atoms with Crippen molar-refractivity contribution < 1.29 is 14.4 Å². The van der Waals surface area contributed by atoms with Crippen LogP contribution >= 0.6 is 0 Å². The number of benzene rings is 1. The van der Waals surface area contributed by atoms with Gasteiger partial charge in [-0.05, 0) is 30.2 Å². The molecule has 2 amide bonds. The summed E-state index contributed by atoms with van der Waals surface area (Å²) in [5.41, 5.74) is 2.21. The molecule has 0 aliphatic carbocycles. The lowest BCUT2D eigenvalue weighted by atomic mass is 9.89. The van der Waals surface area contributed by atoms with Crippen LogP contribution < -0.4 is 5.32 Å². The fraction of sp³-hybridized carbons (Fsp3) is 0.267. The van der Waals surface area contributed by atoms with Crippen LogP contribution in [-0.2, 0) is 16.6 Å². The second kappa shape index (κ2) is 4.59. The summed E-state index contributed by atoms with van der Waals surface area (Å²) < 4.78 is 1.88. The highest BCUT2D eigenvalue weighted by Crippen LogP contribution is 2.29. The van der Waals surface area contributed by atoms with E-state index in [4.69, 9.17) is 0 Å². The van der Waals surface area contributed by atoms with E-state index in [2.05, 4.69) is 5.32 Å². The number of fused-ring (bicyclic) bond motifs is 1. The Morgan fingerprint density at radius 3 is 2.85 bits per heavy atom. The first-order valence-electron chi connectivity index (χ1n) is 6.48. The maximum atomic E-state index is 11.9. The molecule has 1 aliphatic heterocycles. The molecule has 2 aromatic rings. The molecular formula is C15H14N2O3. The van der Waals surface area contributed by atoms with Crippen molar-refractivity contribution in [3.05, 3.63) is 35.5 Å². The van der Waals surface area contributed by atoms with Gasteiger partial charge < -0.3 is 4.57 Å². The number of piperidine rings is 1. The third-order valence-electron chi connectivity index (χ3n) is 3.79. The molecular weight excluding hydrogens is 256 g/mol. The Morgan fingerprint density at radius 1 is 1.35 bits per heavy atom. The van der Waals surface area contributed by atoms with E-state index in [0.717, 1.165) is 22.8 Å².